The van der Waals surface area contributed by atoms with Crippen LogP contribution in [0.3, 0.4) is 0 Å². The van der Waals surface area contributed by atoms with Crippen molar-refractivity contribution in [1.82, 2.24) is 9.62 Å². The molecule has 1 N–H and O–H groups in total. The first-order valence-corrected chi connectivity index (χ1v) is 11.8. The molecule has 3 aromatic rings. The summed E-state index contributed by atoms with van der Waals surface area (Å²) in [6.45, 7) is -0.482. The van der Waals surface area contributed by atoms with Gasteiger partial charge < -0.3 is 9.73 Å². The molecule has 0 spiro atoms. The van der Waals surface area contributed by atoms with Gasteiger partial charge in [0, 0.05) is 18.2 Å². The van der Waals surface area contributed by atoms with Crippen molar-refractivity contribution in [2.24, 2.45) is 0 Å². The van der Waals surface area contributed by atoms with Gasteiger partial charge in [0.2, 0.25) is 10.0 Å². The van der Waals surface area contributed by atoms with Crippen LogP contribution in [0.5, 0.6) is 0 Å². The van der Waals surface area contributed by atoms with E-state index in [4.69, 9.17) is 4.42 Å². The summed E-state index contributed by atoms with van der Waals surface area (Å²) in [7, 11) is -4.48. The SMILES string of the molecule is O=C(NC1CC1)c1ccc(CN(Cc2ccco2)S(=O)(=O)c2ccc(F)c(C(F)(F)F)c2)cc1. The summed E-state index contributed by atoms with van der Waals surface area (Å²) in [4.78, 5) is 11.5. The molecule has 0 unspecified atom stereocenters. The Balaban J connectivity index is 1.63. The summed E-state index contributed by atoms with van der Waals surface area (Å²) in [6, 6.07) is 11.0. The Kier molecular flexibility index (Phi) is 6.50. The number of sulfonamides is 1. The number of furan rings is 1. The van der Waals surface area contributed by atoms with Gasteiger partial charge in [0.25, 0.3) is 5.91 Å². The number of alkyl halides is 3. The maximum Gasteiger partial charge on any atom is 0.419 e. The van der Waals surface area contributed by atoms with Crippen molar-refractivity contribution in [3.05, 3.63) is 89.1 Å². The molecule has 11 heteroatoms. The largest absolute Gasteiger partial charge is 0.468 e. The van der Waals surface area contributed by atoms with E-state index < -0.39 is 32.5 Å². The quantitative estimate of drug-likeness (QED) is 0.458. The highest BCUT2D eigenvalue weighted by atomic mass is 32.2. The predicted octanol–water partition coefficient (Wildman–Crippen LogP) is 4.72. The van der Waals surface area contributed by atoms with E-state index in [-0.39, 0.29) is 36.9 Å². The Morgan fingerprint density at radius 3 is 2.35 bits per heavy atom. The summed E-state index contributed by atoms with van der Waals surface area (Å²) < 4.78 is 85.9. The smallest absolute Gasteiger partial charge is 0.419 e. The average Bonchev–Trinajstić information content (AvgIpc) is 3.44. The Morgan fingerprint density at radius 2 is 1.76 bits per heavy atom. The molecule has 1 fully saturated rings. The third kappa shape index (κ3) is 5.48. The number of halogens is 4. The highest BCUT2D eigenvalue weighted by Gasteiger charge is 2.36. The van der Waals surface area contributed by atoms with Crippen molar-refractivity contribution in [2.75, 3.05) is 0 Å². The minimum atomic E-state index is -5.06. The van der Waals surface area contributed by atoms with Crippen LogP contribution in [0, 0.1) is 5.82 Å². The topological polar surface area (TPSA) is 79.6 Å². The standard InChI is InChI=1S/C23H20F4N2O4S/c24-21-10-9-19(12-20(21)23(25,26)27)34(31,32)29(14-18-2-1-11-33-18)13-15-3-5-16(6-4-15)22(30)28-17-7-8-17/h1-6,9-12,17H,7-8,13-14H2,(H,28,30). The molecular weight excluding hydrogens is 476 g/mol. The lowest BCUT2D eigenvalue weighted by molar-refractivity contribution is -0.140. The van der Waals surface area contributed by atoms with E-state index in [1.165, 1.54) is 12.3 Å². The molecule has 1 aliphatic carbocycles. The first kappa shape index (κ1) is 24.0. The number of rotatable bonds is 8. The molecule has 0 bridgehead atoms. The van der Waals surface area contributed by atoms with Gasteiger partial charge in [0.1, 0.15) is 11.6 Å². The number of nitrogens with zero attached hydrogens (tertiary/aromatic N) is 1. The first-order valence-electron chi connectivity index (χ1n) is 10.3. The van der Waals surface area contributed by atoms with Crippen LogP contribution in [0.4, 0.5) is 17.6 Å². The van der Waals surface area contributed by atoms with Crippen LogP contribution in [0.25, 0.3) is 0 Å². The Hall–Kier alpha value is -3.18. The fraction of sp³-hybridized carbons (Fsp3) is 0.261. The number of hydrogen-bond acceptors (Lipinski definition) is 4. The third-order valence-corrected chi connectivity index (χ3v) is 7.07. The van der Waals surface area contributed by atoms with Crippen molar-refractivity contribution in [3.8, 4) is 0 Å². The second kappa shape index (κ2) is 9.22. The van der Waals surface area contributed by atoms with Crippen LogP contribution in [-0.4, -0.2) is 24.7 Å². The Morgan fingerprint density at radius 1 is 1.06 bits per heavy atom. The van der Waals surface area contributed by atoms with Gasteiger partial charge in [-0.1, -0.05) is 12.1 Å². The molecule has 34 heavy (non-hydrogen) atoms. The number of benzene rings is 2. The van der Waals surface area contributed by atoms with Gasteiger partial charge >= 0.3 is 6.18 Å². The fourth-order valence-corrected chi connectivity index (χ4v) is 4.72. The molecular formula is C23H20F4N2O4S. The molecule has 0 saturated heterocycles. The molecule has 1 amide bonds. The van der Waals surface area contributed by atoms with E-state index in [2.05, 4.69) is 5.32 Å². The van der Waals surface area contributed by atoms with Crippen LogP contribution in [0.1, 0.15) is 40.1 Å². The van der Waals surface area contributed by atoms with Gasteiger partial charge in [-0.3, -0.25) is 4.79 Å². The first-order chi connectivity index (χ1) is 16.0. The zero-order valence-corrected chi connectivity index (χ0v) is 18.5. The molecule has 180 valence electrons. The Bertz CT molecular complexity index is 1270. The third-order valence-electron chi connectivity index (χ3n) is 5.28. The summed E-state index contributed by atoms with van der Waals surface area (Å²) in [6.07, 6.45) is -1.85. The average molecular weight is 496 g/mol. The summed E-state index contributed by atoms with van der Waals surface area (Å²) in [5.41, 5.74) is -0.766. The van der Waals surface area contributed by atoms with Crippen molar-refractivity contribution in [3.63, 3.8) is 0 Å². The minimum absolute atomic E-state index is 0.179. The number of hydrogen-bond donors (Lipinski definition) is 1. The number of amides is 1. The minimum Gasteiger partial charge on any atom is -0.468 e. The molecule has 6 nitrogen and oxygen atoms in total. The van der Waals surface area contributed by atoms with Gasteiger partial charge in [-0.05, 0) is 60.9 Å². The molecule has 4 rings (SSSR count). The van der Waals surface area contributed by atoms with E-state index in [1.807, 2.05) is 0 Å². The lowest BCUT2D eigenvalue weighted by Crippen LogP contribution is -2.30. The van der Waals surface area contributed by atoms with Crippen molar-refractivity contribution < 1.29 is 35.2 Å². The maximum atomic E-state index is 13.7. The zero-order valence-electron chi connectivity index (χ0n) is 17.7. The molecule has 0 atom stereocenters. The molecule has 0 radical (unpaired) electrons. The van der Waals surface area contributed by atoms with E-state index in [0.29, 0.717) is 17.2 Å². The summed E-state index contributed by atoms with van der Waals surface area (Å²) in [5.74, 6) is -1.54. The van der Waals surface area contributed by atoms with E-state index in [1.54, 1.807) is 30.3 Å². The number of nitrogens with one attached hydrogen (secondary N) is 1. The lowest BCUT2D eigenvalue weighted by Gasteiger charge is -2.22. The van der Waals surface area contributed by atoms with E-state index in [0.717, 1.165) is 23.2 Å². The van der Waals surface area contributed by atoms with Gasteiger partial charge in [-0.25, -0.2) is 12.8 Å². The van der Waals surface area contributed by atoms with Crippen LogP contribution >= 0.6 is 0 Å². The van der Waals surface area contributed by atoms with Crippen molar-refractivity contribution in [2.45, 2.75) is 43.0 Å². The van der Waals surface area contributed by atoms with Gasteiger partial charge in [0.15, 0.2) is 0 Å². The van der Waals surface area contributed by atoms with E-state index in [9.17, 15) is 30.8 Å². The van der Waals surface area contributed by atoms with Crippen LogP contribution in [-0.2, 0) is 29.3 Å². The molecule has 2 aromatic carbocycles. The molecule has 1 saturated carbocycles. The van der Waals surface area contributed by atoms with Crippen LogP contribution in [0.15, 0.2) is 70.2 Å². The van der Waals surface area contributed by atoms with Crippen LogP contribution in [0.2, 0.25) is 0 Å². The Labute approximate surface area is 193 Å². The molecule has 1 aromatic heterocycles. The van der Waals surface area contributed by atoms with Crippen molar-refractivity contribution in [1.29, 1.82) is 0 Å². The number of carbonyl (C=O) groups excluding carboxylic acids is 1. The molecule has 1 heterocycles. The molecule has 0 aliphatic heterocycles. The zero-order chi connectivity index (χ0) is 24.5. The lowest BCUT2D eigenvalue weighted by atomic mass is 10.1. The normalized spacial score (nSPS) is 14.4. The second-order valence-corrected chi connectivity index (χ2v) is 9.87. The van der Waals surface area contributed by atoms with E-state index >= 15 is 0 Å². The fourth-order valence-electron chi connectivity index (χ4n) is 3.29. The molecule has 1 aliphatic rings. The second-order valence-electron chi connectivity index (χ2n) is 7.94. The summed E-state index contributed by atoms with van der Waals surface area (Å²) >= 11 is 0. The van der Waals surface area contributed by atoms with Gasteiger partial charge in [-0.2, -0.15) is 17.5 Å². The highest BCUT2D eigenvalue weighted by molar-refractivity contribution is 7.89. The summed E-state index contributed by atoms with van der Waals surface area (Å²) in [5, 5.41) is 2.85. The van der Waals surface area contributed by atoms with Crippen molar-refractivity contribution >= 4 is 15.9 Å². The maximum absolute atomic E-state index is 13.7. The van der Waals surface area contributed by atoms with Crippen LogP contribution < -0.4 is 5.32 Å². The monoisotopic (exact) mass is 496 g/mol. The van der Waals surface area contributed by atoms with Gasteiger partial charge in [0.05, 0.1) is 23.3 Å². The number of carbonyl (C=O) groups is 1. The predicted molar refractivity (Wildman–Crippen MR) is 113 cm³/mol. The highest BCUT2D eigenvalue weighted by Crippen LogP contribution is 2.34. The van der Waals surface area contributed by atoms with Gasteiger partial charge in [-0.15, -0.1) is 0 Å².